The van der Waals surface area contributed by atoms with Gasteiger partial charge in [-0.2, -0.15) is 15.0 Å². The average Bonchev–Trinajstić information content (AvgIpc) is 0.739. The Labute approximate surface area is 694 Å². The molecule has 0 amide bonds. The fraction of sp³-hybridized carbons (Fsp3) is 0.357. The van der Waals surface area contributed by atoms with Crippen molar-refractivity contribution in [3.8, 4) is 50.8 Å². The molecule has 3 aromatic carbocycles. The molecule has 0 saturated carbocycles. The molecule has 3 aliphatic heterocycles. The van der Waals surface area contributed by atoms with Gasteiger partial charge in [0.05, 0.1) is 83.4 Å². The number of halogens is 15. The van der Waals surface area contributed by atoms with Gasteiger partial charge in [0.2, 0.25) is 0 Å². The lowest BCUT2D eigenvalue weighted by molar-refractivity contribution is 0.440. The molecule has 0 radical (unpaired) electrons. The summed E-state index contributed by atoms with van der Waals surface area (Å²) in [5.41, 5.74) is 11.4. The third-order valence-corrected chi connectivity index (χ3v) is 22.8. The van der Waals surface area contributed by atoms with Crippen molar-refractivity contribution in [1.82, 2.24) is 58.6 Å². The van der Waals surface area contributed by atoms with Crippen molar-refractivity contribution >= 4 is 102 Å². The number of nitrogen functional groups attached to an aromatic ring is 3. The van der Waals surface area contributed by atoms with E-state index in [9.17, 15) is 40.7 Å². The van der Waals surface area contributed by atoms with Crippen molar-refractivity contribution in [3.63, 3.8) is 0 Å². The number of hydrogen-bond donors (Lipinski definition) is 3. The molecule has 120 heavy (non-hydrogen) atoms. The first-order valence-electron chi connectivity index (χ1n) is 38.6. The molecule has 3 saturated heterocycles. The van der Waals surface area contributed by atoms with Crippen molar-refractivity contribution in [3.05, 3.63) is 205 Å². The molecular weight excluding hydrogens is 1640 g/mol. The second-order valence-electron chi connectivity index (χ2n) is 31.5. The first-order chi connectivity index (χ1) is 56.7. The highest BCUT2D eigenvalue weighted by atomic mass is 35.5. The Morgan fingerprint density at radius 2 is 0.692 bits per heavy atom. The zero-order valence-electron chi connectivity index (χ0n) is 67.0. The fourth-order valence-corrected chi connectivity index (χ4v) is 16.5. The molecule has 9 aromatic heterocycles. The van der Waals surface area contributed by atoms with Gasteiger partial charge >= 0.3 is 17.1 Å². The van der Waals surface area contributed by atoms with Crippen molar-refractivity contribution in [2.24, 2.45) is 17.8 Å². The summed E-state index contributed by atoms with van der Waals surface area (Å²) in [6, 6.07) is 8.26. The number of hydrogen-bond acceptors (Lipinski definition) is 18. The minimum absolute atomic E-state index is 0.0120. The van der Waals surface area contributed by atoms with Crippen LogP contribution in [0.1, 0.15) is 152 Å². The zero-order valence-corrected chi connectivity index (χ0v) is 69.2. The minimum atomic E-state index is -2.07. The maximum absolute atomic E-state index is 15.9. The van der Waals surface area contributed by atoms with Crippen LogP contribution in [0.25, 0.3) is 83.9 Å². The number of benzene rings is 3. The lowest BCUT2D eigenvalue weighted by atomic mass is 10.00. The van der Waals surface area contributed by atoms with E-state index in [2.05, 4.69) is 58.7 Å². The summed E-state index contributed by atoms with van der Waals surface area (Å²) in [4.78, 5) is 86.4. The molecule has 21 nitrogen and oxygen atoms in total. The van der Waals surface area contributed by atoms with Crippen molar-refractivity contribution in [2.45, 2.75) is 139 Å². The van der Waals surface area contributed by atoms with Crippen LogP contribution in [0.15, 0.2) is 69.4 Å². The predicted octanol–water partition coefficient (Wildman–Crippen LogP) is 18.9. The first kappa shape index (κ1) is 86.7. The van der Waals surface area contributed by atoms with E-state index in [1.807, 2.05) is 70.1 Å². The van der Waals surface area contributed by atoms with Crippen molar-refractivity contribution in [1.29, 1.82) is 0 Å². The molecular formula is C84H81Cl3F12N18O3. The lowest BCUT2D eigenvalue weighted by Gasteiger charge is -2.32. The lowest BCUT2D eigenvalue weighted by Crippen LogP contribution is -2.37. The molecule has 12 aromatic rings. The molecule has 6 N–H and O–H groups in total. The molecule has 630 valence electrons. The van der Waals surface area contributed by atoms with Crippen LogP contribution in [0, 0.1) is 108 Å². The van der Waals surface area contributed by atoms with Crippen LogP contribution in [0.2, 0.25) is 15.1 Å². The molecule has 3 aliphatic rings. The van der Waals surface area contributed by atoms with E-state index in [4.69, 9.17) is 52.0 Å². The summed E-state index contributed by atoms with van der Waals surface area (Å²) in [6.07, 6.45) is 10.3. The third-order valence-electron chi connectivity index (χ3n) is 21.7. The predicted molar refractivity (Wildman–Crippen MR) is 441 cm³/mol. The van der Waals surface area contributed by atoms with Gasteiger partial charge in [0.15, 0.2) is 86.7 Å². The number of aromatic nitrogens is 12. The van der Waals surface area contributed by atoms with Gasteiger partial charge < -0.3 is 31.9 Å². The summed E-state index contributed by atoms with van der Waals surface area (Å²) in [5.74, 6) is -17.8. The van der Waals surface area contributed by atoms with Gasteiger partial charge in [0.1, 0.15) is 50.3 Å². The SMILES string of the molecule is Cc1ccnc(C(C)C)c1-n1c(=O)nc(N2CCC[C@H](C)C2)c2cc(F)c(-c3c(F)c(F)c(F)c(N)c3Cl)nc21.Cc1ccnc(C(C)C)c1-n1c(=O)nc(N2CCC[C@H](C)C2)c2cc(F)c(-c3c(F)c(N)c(F)c(F)c3F)nc21.Cc1ccnc(C(C)C)c1-n1c(=O)nc(N2CCC[C@H](C)C2)c2cc(F)c(-c3c(N)c(Cl)c(F)c(Cl)c3F)nc21. The van der Waals surface area contributed by atoms with Crippen LogP contribution in [0.5, 0.6) is 0 Å². The van der Waals surface area contributed by atoms with E-state index >= 15 is 26.3 Å². The van der Waals surface area contributed by atoms with Gasteiger partial charge in [-0.05, 0) is 148 Å². The highest BCUT2D eigenvalue weighted by Gasteiger charge is 2.36. The van der Waals surface area contributed by atoms with Gasteiger partial charge in [-0.15, -0.1) is 0 Å². The number of aryl methyl sites for hydroxylation is 3. The van der Waals surface area contributed by atoms with Crippen LogP contribution >= 0.6 is 34.8 Å². The zero-order chi connectivity index (χ0) is 87.1. The Bertz CT molecular complexity index is 5690. The number of pyridine rings is 6. The molecule has 0 spiro atoms. The molecule has 0 aliphatic carbocycles. The van der Waals surface area contributed by atoms with E-state index in [-0.39, 0.29) is 74.2 Å². The van der Waals surface area contributed by atoms with Gasteiger partial charge in [-0.3, -0.25) is 15.0 Å². The third kappa shape index (κ3) is 15.6. The Morgan fingerprint density at radius 3 is 1.02 bits per heavy atom. The van der Waals surface area contributed by atoms with Crippen LogP contribution in [-0.2, 0) is 0 Å². The quantitative estimate of drug-likeness (QED) is 0.0444. The molecule has 15 rings (SSSR count). The second kappa shape index (κ2) is 34.1. The van der Waals surface area contributed by atoms with E-state index in [1.54, 1.807) is 50.6 Å². The summed E-state index contributed by atoms with van der Waals surface area (Å²) in [6.45, 7) is 26.4. The summed E-state index contributed by atoms with van der Waals surface area (Å²) < 4.78 is 182. The number of nitrogens with two attached hydrogens (primary N) is 3. The van der Waals surface area contributed by atoms with Gasteiger partial charge in [-0.1, -0.05) is 97.1 Å². The van der Waals surface area contributed by atoms with Crippen LogP contribution < -0.4 is 49.0 Å². The minimum Gasteiger partial charge on any atom is -0.397 e. The van der Waals surface area contributed by atoms with Gasteiger partial charge in [0.25, 0.3) is 0 Å². The van der Waals surface area contributed by atoms with Crippen molar-refractivity contribution in [2.75, 3.05) is 71.2 Å². The smallest absolute Gasteiger partial charge is 0.355 e. The molecule has 12 heterocycles. The van der Waals surface area contributed by atoms with E-state index in [1.165, 1.54) is 9.13 Å². The fourth-order valence-electron chi connectivity index (χ4n) is 15.8. The first-order valence-corrected chi connectivity index (χ1v) is 39.8. The van der Waals surface area contributed by atoms with E-state index in [0.717, 1.165) is 61.3 Å². The summed E-state index contributed by atoms with van der Waals surface area (Å²) in [7, 11) is 0. The second-order valence-corrected chi connectivity index (χ2v) is 32.6. The van der Waals surface area contributed by atoms with E-state index in [0.29, 0.717) is 102 Å². The molecule has 3 atom stereocenters. The average molecular weight is 1730 g/mol. The number of piperidine rings is 3. The molecule has 0 bridgehead atoms. The molecule has 3 fully saturated rings. The van der Waals surface area contributed by atoms with Crippen LogP contribution in [0.3, 0.4) is 0 Å². The van der Waals surface area contributed by atoms with E-state index < -0.39 is 153 Å². The van der Waals surface area contributed by atoms with Crippen molar-refractivity contribution < 1.29 is 52.7 Å². The Kier molecular flexibility index (Phi) is 24.7. The Balaban J connectivity index is 0.000000156. The highest BCUT2D eigenvalue weighted by Crippen LogP contribution is 2.46. The summed E-state index contributed by atoms with van der Waals surface area (Å²) in [5, 5.41) is -1.83. The maximum Gasteiger partial charge on any atom is 0.355 e. The van der Waals surface area contributed by atoms with Crippen LogP contribution in [-0.4, -0.2) is 97.8 Å². The number of nitrogens with zero attached hydrogens (tertiary/aromatic N) is 15. The maximum atomic E-state index is 15.9. The molecule has 36 heteroatoms. The number of rotatable bonds is 12. The Morgan fingerprint density at radius 1 is 0.375 bits per heavy atom. The van der Waals surface area contributed by atoms with Gasteiger partial charge in [-0.25, -0.2) is 95.7 Å². The number of anilines is 6. The monoisotopic (exact) mass is 1720 g/mol. The summed E-state index contributed by atoms with van der Waals surface area (Å²) >= 11 is 17.9. The normalized spacial score (nSPS) is 15.8. The number of fused-ring (bicyclic) bond motifs is 3. The van der Waals surface area contributed by atoms with Crippen LogP contribution in [0.4, 0.5) is 87.2 Å². The standard InChI is InChI=1S/C28H27Cl2F3N6O.C28H27ClF4N6O.C28H27F5N6O/c1-12(2)23-25(14(4)7-8-35-23)39-27-15(26(37-28(39)40)38-9-5-6-13(3)11-38)10-16(31)24(36-27)17-20(32)18(29)21(33)19(30)22(17)34;1-12(2)23-25(14(4)7-8-35-23)39-27-15(26(37-28(39)40)38-9-5-6-13(3)11-38)10-16(30)24(36-27)17-18(29)22(34)21(33)20(32)19(17)31;1-12(2)23-25(14(4)7-8-35-23)39-27-15(26(37-28(39)40)38-9-5-6-13(3)11-38)10-16(29)24(36-27)17-18(30)20(32)21(33)22(34)19(17)31/h3*7-8,10,12-13H,5-6,9,11,34H2,1-4H3/t3*13-/m000/s1. The topological polar surface area (TPSA) is 270 Å². The largest absolute Gasteiger partial charge is 0.397 e. The highest BCUT2D eigenvalue weighted by molar-refractivity contribution is 6.37. The Hall–Kier alpha value is -11.2. The molecule has 0 unspecified atom stereocenters. The van der Waals surface area contributed by atoms with Gasteiger partial charge in [0, 0.05) is 57.9 Å².